The number of carboxylic acid groups (broad SMARTS) is 1. The fraction of sp³-hybridized carbons (Fsp3) is 0.444. The van der Waals surface area contributed by atoms with Crippen LogP contribution in [0.25, 0.3) is 0 Å². The van der Waals surface area contributed by atoms with Gasteiger partial charge in [-0.15, -0.1) is 0 Å². The van der Waals surface area contributed by atoms with Crippen molar-refractivity contribution in [1.29, 1.82) is 0 Å². The summed E-state index contributed by atoms with van der Waals surface area (Å²) in [6.45, 7) is -0.779. The molecule has 1 aromatic rings. The molecule has 0 saturated carbocycles. The standard InChI is InChI=1S/C18H26N4O6S2/c19-11(8-29)15(24)22-14(9-30)17(26)21-13(7-23)16(25)20-12(18(27)28)6-10-4-2-1-3-5-10/h1-5,11-14,23,29-30H,6-9,19H2,(H,20,25)(H,21,26)(H,22,24)(H,27,28). The van der Waals surface area contributed by atoms with Crippen LogP contribution in [0.1, 0.15) is 5.56 Å². The molecule has 0 aliphatic heterocycles. The maximum absolute atomic E-state index is 12.4. The minimum absolute atomic E-state index is 0.0188. The average molecular weight is 459 g/mol. The van der Waals surface area contributed by atoms with E-state index in [2.05, 4.69) is 41.2 Å². The molecule has 0 aliphatic carbocycles. The number of carbonyl (C=O) groups excluding carboxylic acids is 3. The molecular formula is C18H26N4O6S2. The van der Waals surface area contributed by atoms with Crippen molar-refractivity contribution in [3.8, 4) is 0 Å². The number of carboxylic acids is 1. The zero-order valence-corrected chi connectivity index (χ0v) is 17.8. The third-order valence-electron chi connectivity index (χ3n) is 4.06. The molecule has 0 heterocycles. The Morgan fingerprint density at radius 3 is 1.90 bits per heavy atom. The van der Waals surface area contributed by atoms with Gasteiger partial charge in [0.2, 0.25) is 17.7 Å². The zero-order chi connectivity index (χ0) is 22.7. The molecule has 30 heavy (non-hydrogen) atoms. The minimum Gasteiger partial charge on any atom is -0.480 e. The highest BCUT2D eigenvalue weighted by Gasteiger charge is 2.29. The molecule has 3 amide bonds. The van der Waals surface area contributed by atoms with Gasteiger partial charge in [0.05, 0.1) is 12.6 Å². The van der Waals surface area contributed by atoms with Crippen molar-refractivity contribution in [1.82, 2.24) is 16.0 Å². The molecule has 7 N–H and O–H groups in total. The summed E-state index contributed by atoms with van der Waals surface area (Å²) in [4.78, 5) is 48.1. The Morgan fingerprint density at radius 1 is 0.867 bits per heavy atom. The molecule has 0 fully saturated rings. The van der Waals surface area contributed by atoms with Crippen LogP contribution in [-0.4, -0.2) is 76.2 Å². The van der Waals surface area contributed by atoms with Crippen LogP contribution < -0.4 is 21.7 Å². The van der Waals surface area contributed by atoms with Gasteiger partial charge in [0.15, 0.2) is 0 Å². The average Bonchev–Trinajstić information content (AvgIpc) is 2.74. The lowest BCUT2D eigenvalue weighted by Gasteiger charge is -2.23. The molecule has 12 heteroatoms. The first-order chi connectivity index (χ1) is 14.2. The fourth-order valence-electron chi connectivity index (χ4n) is 2.34. The summed E-state index contributed by atoms with van der Waals surface area (Å²) in [5, 5.41) is 25.8. The Balaban J connectivity index is 2.76. The minimum atomic E-state index is -1.42. The smallest absolute Gasteiger partial charge is 0.326 e. The van der Waals surface area contributed by atoms with Crippen LogP contribution in [0.4, 0.5) is 0 Å². The van der Waals surface area contributed by atoms with Gasteiger partial charge in [-0.05, 0) is 5.56 Å². The van der Waals surface area contributed by atoms with Crippen molar-refractivity contribution in [2.24, 2.45) is 5.73 Å². The van der Waals surface area contributed by atoms with Crippen LogP contribution in [0.15, 0.2) is 30.3 Å². The SMILES string of the molecule is NC(CS)C(=O)NC(CS)C(=O)NC(CO)C(=O)NC(Cc1ccccc1)C(=O)O. The summed E-state index contributed by atoms with van der Waals surface area (Å²) in [6, 6.07) is 3.92. The molecule has 0 spiro atoms. The third kappa shape index (κ3) is 8.22. The Morgan fingerprint density at radius 2 is 1.40 bits per heavy atom. The first-order valence-corrected chi connectivity index (χ1v) is 10.3. The first-order valence-electron chi connectivity index (χ1n) is 8.99. The topological polar surface area (TPSA) is 171 Å². The van der Waals surface area contributed by atoms with E-state index in [9.17, 15) is 29.4 Å². The molecular weight excluding hydrogens is 432 g/mol. The Kier molecular flexibility index (Phi) is 11.3. The molecule has 1 rings (SSSR count). The van der Waals surface area contributed by atoms with Crippen molar-refractivity contribution >= 4 is 48.9 Å². The molecule has 4 unspecified atom stereocenters. The van der Waals surface area contributed by atoms with Crippen LogP contribution in [0.3, 0.4) is 0 Å². The van der Waals surface area contributed by atoms with E-state index < -0.39 is 54.5 Å². The Labute approximate surface area is 184 Å². The van der Waals surface area contributed by atoms with Crippen LogP contribution in [0.5, 0.6) is 0 Å². The molecule has 0 radical (unpaired) electrons. The summed E-state index contributed by atoms with van der Waals surface area (Å²) in [5.74, 6) is -3.59. The van der Waals surface area contributed by atoms with Crippen molar-refractivity contribution in [2.45, 2.75) is 30.6 Å². The largest absolute Gasteiger partial charge is 0.480 e. The second-order valence-electron chi connectivity index (χ2n) is 6.37. The maximum atomic E-state index is 12.4. The molecule has 1 aromatic carbocycles. The predicted octanol–water partition coefficient (Wildman–Crippen LogP) is -2.05. The van der Waals surface area contributed by atoms with Gasteiger partial charge in [-0.1, -0.05) is 30.3 Å². The van der Waals surface area contributed by atoms with Crippen LogP contribution in [0.2, 0.25) is 0 Å². The van der Waals surface area contributed by atoms with Crippen molar-refractivity contribution in [2.75, 3.05) is 18.1 Å². The summed E-state index contributed by atoms with van der Waals surface area (Å²) in [5.41, 5.74) is 6.23. The number of carbonyl (C=O) groups is 4. The second kappa shape index (κ2) is 13.1. The van der Waals surface area contributed by atoms with Gasteiger partial charge in [0, 0.05) is 17.9 Å². The lowest BCUT2D eigenvalue weighted by atomic mass is 10.1. The maximum Gasteiger partial charge on any atom is 0.326 e. The summed E-state index contributed by atoms with van der Waals surface area (Å²) < 4.78 is 0. The van der Waals surface area contributed by atoms with Crippen molar-refractivity contribution in [3.63, 3.8) is 0 Å². The van der Waals surface area contributed by atoms with Gasteiger partial charge in [-0.25, -0.2) is 4.79 Å². The molecule has 0 aromatic heterocycles. The van der Waals surface area contributed by atoms with Gasteiger partial charge in [-0.3, -0.25) is 14.4 Å². The summed E-state index contributed by atoms with van der Waals surface area (Å²) in [6.07, 6.45) is 0.0188. The number of aliphatic hydroxyl groups is 1. The number of hydrogen-bond donors (Lipinski definition) is 8. The first kappa shape index (κ1) is 25.8. The lowest BCUT2D eigenvalue weighted by molar-refractivity contribution is -0.142. The Hall–Kier alpha value is -2.28. The van der Waals surface area contributed by atoms with Crippen molar-refractivity contribution in [3.05, 3.63) is 35.9 Å². The van der Waals surface area contributed by atoms with Gasteiger partial charge in [0.1, 0.15) is 18.1 Å². The van der Waals surface area contributed by atoms with E-state index in [1.54, 1.807) is 30.3 Å². The quantitative estimate of drug-likeness (QED) is 0.167. The van der Waals surface area contributed by atoms with E-state index >= 15 is 0 Å². The molecule has 4 atom stereocenters. The van der Waals surface area contributed by atoms with Gasteiger partial charge in [-0.2, -0.15) is 25.3 Å². The van der Waals surface area contributed by atoms with Crippen LogP contribution >= 0.6 is 25.3 Å². The second-order valence-corrected chi connectivity index (χ2v) is 7.10. The number of rotatable bonds is 12. The molecule has 166 valence electrons. The number of aliphatic carboxylic acids is 1. The van der Waals surface area contributed by atoms with Gasteiger partial charge >= 0.3 is 5.97 Å². The number of nitrogens with two attached hydrogens (primary N) is 1. The predicted molar refractivity (Wildman–Crippen MR) is 116 cm³/mol. The highest BCUT2D eigenvalue weighted by Crippen LogP contribution is 2.04. The molecule has 0 bridgehead atoms. The highest BCUT2D eigenvalue weighted by molar-refractivity contribution is 7.80. The van der Waals surface area contributed by atoms with Crippen molar-refractivity contribution < 1.29 is 29.4 Å². The summed E-state index contributed by atoms with van der Waals surface area (Å²) >= 11 is 7.89. The monoisotopic (exact) mass is 458 g/mol. The van der Waals surface area contributed by atoms with E-state index in [1.165, 1.54) is 0 Å². The summed E-state index contributed by atoms with van der Waals surface area (Å²) in [7, 11) is 0. The van der Waals surface area contributed by atoms with E-state index in [-0.39, 0.29) is 17.9 Å². The number of amides is 3. The third-order valence-corrected chi connectivity index (χ3v) is 4.82. The van der Waals surface area contributed by atoms with E-state index in [4.69, 9.17) is 5.73 Å². The van der Waals surface area contributed by atoms with E-state index in [1.807, 2.05) is 0 Å². The number of hydrogen-bond acceptors (Lipinski definition) is 8. The number of benzene rings is 1. The van der Waals surface area contributed by atoms with Gasteiger partial charge in [0.25, 0.3) is 0 Å². The van der Waals surface area contributed by atoms with E-state index in [0.29, 0.717) is 5.56 Å². The van der Waals surface area contributed by atoms with Crippen LogP contribution in [-0.2, 0) is 25.6 Å². The normalized spacial score (nSPS) is 14.7. The zero-order valence-electron chi connectivity index (χ0n) is 16.0. The molecule has 0 saturated heterocycles. The fourth-order valence-corrected chi connectivity index (χ4v) is 2.77. The van der Waals surface area contributed by atoms with Crippen LogP contribution in [0, 0.1) is 0 Å². The highest BCUT2D eigenvalue weighted by atomic mass is 32.1. The molecule has 10 nitrogen and oxygen atoms in total. The number of nitrogens with one attached hydrogen (secondary N) is 3. The Bertz CT molecular complexity index is 737. The van der Waals surface area contributed by atoms with Gasteiger partial charge < -0.3 is 31.9 Å². The van der Waals surface area contributed by atoms with E-state index in [0.717, 1.165) is 0 Å². The lowest BCUT2D eigenvalue weighted by Crippen LogP contribution is -2.58. The number of aliphatic hydroxyl groups excluding tert-OH is 1. The number of thiol groups is 2. The molecule has 0 aliphatic rings.